The number of carbonyl (C=O) groups excluding carboxylic acids is 1. The Labute approximate surface area is 185 Å². The van der Waals surface area contributed by atoms with Crippen LogP contribution in [0, 0.1) is 0 Å². The number of aromatic amines is 1. The lowest BCUT2D eigenvalue weighted by atomic mass is 9.86. The van der Waals surface area contributed by atoms with Gasteiger partial charge in [-0.3, -0.25) is 4.79 Å². The van der Waals surface area contributed by atoms with Crippen LogP contribution in [-0.2, 0) is 11.8 Å². The first-order valence-electron chi connectivity index (χ1n) is 10.6. The second-order valence-corrected chi connectivity index (χ2v) is 10.1. The lowest BCUT2D eigenvalue weighted by Crippen LogP contribution is -2.30. The number of hydrogen-bond acceptors (Lipinski definition) is 5. The molecular weight excluding hydrogens is 406 g/mol. The van der Waals surface area contributed by atoms with E-state index in [1.165, 1.54) is 22.5 Å². The standard InChI is InChI=1S/C24H25N5OS/c1-24(2,3)23-26-12-19(31-23)22(30)29-18-6-4-5-14-11-15(7-8-16(14)18)20-17-9-10-25-21(17)28-13-27-20/h7-13,18H,4-6H2,1-3H3,(H,29,30)(H,25,27,28). The van der Waals surface area contributed by atoms with Gasteiger partial charge in [0.1, 0.15) is 16.9 Å². The van der Waals surface area contributed by atoms with Crippen LogP contribution in [0.4, 0.5) is 0 Å². The molecule has 0 spiro atoms. The van der Waals surface area contributed by atoms with Crippen molar-refractivity contribution in [2.24, 2.45) is 0 Å². The summed E-state index contributed by atoms with van der Waals surface area (Å²) in [4.78, 5) is 30.0. The van der Waals surface area contributed by atoms with E-state index in [2.05, 4.69) is 64.2 Å². The zero-order chi connectivity index (χ0) is 21.6. The van der Waals surface area contributed by atoms with Crippen LogP contribution in [-0.4, -0.2) is 25.8 Å². The Morgan fingerprint density at radius 2 is 2.06 bits per heavy atom. The average molecular weight is 432 g/mol. The minimum atomic E-state index is -0.0527. The maximum atomic E-state index is 12.9. The molecular formula is C24H25N5OS. The zero-order valence-electron chi connectivity index (χ0n) is 17.9. The summed E-state index contributed by atoms with van der Waals surface area (Å²) < 4.78 is 0. The molecule has 7 heteroatoms. The fourth-order valence-electron chi connectivity index (χ4n) is 4.17. The molecule has 1 unspecified atom stereocenters. The van der Waals surface area contributed by atoms with E-state index < -0.39 is 0 Å². The van der Waals surface area contributed by atoms with Gasteiger partial charge in [-0.05, 0) is 42.5 Å². The van der Waals surface area contributed by atoms with Crippen molar-refractivity contribution in [2.45, 2.75) is 51.5 Å². The number of amides is 1. The Balaban J connectivity index is 1.41. The van der Waals surface area contributed by atoms with Gasteiger partial charge >= 0.3 is 0 Å². The summed E-state index contributed by atoms with van der Waals surface area (Å²) in [7, 11) is 0. The van der Waals surface area contributed by atoms with Gasteiger partial charge in [0, 0.05) is 22.6 Å². The van der Waals surface area contributed by atoms with Crippen molar-refractivity contribution in [3.63, 3.8) is 0 Å². The summed E-state index contributed by atoms with van der Waals surface area (Å²) >= 11 is 1.48. The minimum absolute atomic E-state index is 0.0168. The summed E-state index contributed by atoms with van der Waals surface area (Å²) in [6.07, 6.45) is 8.17. The molecule has 0 saturated carbocycles. The number of rotatable bonds is 3. The van der Waals surface area contributed by atoms with Crippen molar-refractivity contribution >= 4 is 28.3 Å². The molecule has 1 aliphatic carbocycles. The lowest BCUT2D eigenvalue weighted by molar-refractivity contribution is 0.0936. The molecule has 3 heterocycles. The van der Waals surface area contributed by atoms with Crippen LogP contribution in [0.1, 0.15) is 65.5 Å². The molecule has 158 valence electrons. The Hall–Kier alpha value is -3.06. The molecule has 1 atom stereocenters. The second kappa shape index (κ2) is 7.57. The van der Waals surface area contributed by atoms with Crippen LogP contribution >= 0.6 is 11.3 Å². The third-order valence-electron chi connectivity index (χ3n) is 5.76. The number of aromatic nitrogens is 4. The van der Waals surface area contributed by atoms with E-state index in [0.29, 0.717) is 4.88 Å². The molecule has 1 aliphatic rings. The lowest BCUT2D eigenvalue weighted by Gasteiger charge is -2.26. The number of fused-ring (bicyclic) bond motifs is 2. The van der Waals surface area contributed by atoms with Gasteiger partial charge in [0.15, 0.2) is 0 Å². The van der Waals surface area contributed by atoms with Gasteiger partial charge in [0.2, 0.25) is 0 Å². The van der Waals surface area contributed by atoms with Gasteiger partial charge in [-0.25, -0.2) is 15.0 Å². The number of carbonyl (C=O) groups is 1. The monoisotopic (exact) mass is 431 g/mol. The number of benzene rings is 1. The molecule has 1 aromatic carbocycles. The number of H-pyrrole nitrogens is 1. The first kappa shape index (κ1) is 19.9. The minimum Gasteiger partial charge on any atom is -0.346 e. The molecule has 3 aromatic heterocycles. The molecule has 2 N–H and O–H groups in total. The number of hydrogen-bond donors (Lipinski definition) is 2. The third-order valence-corrected chi connectivity index (χ3v) is 7.18. The summed E-state index contributed by atoms with van der Waals surface area (Å²) in [6, 6.07) is 8.48. The summed E-state index contributed by atoms with van der Waals surface area (Å²) in [5.74, 6) is -0.0419. The molecule has 0 fully saturated rings. The molecule has 0 aliphatic heterocycles. The Morgan fingerprint density at radius 3 is 2.87 bits per heavy atom. The van der Waals surface area contributed by atoms with Crippen molar-refractivity contribution < 1.29 is 4.79 Å². The maximum Gasteiger partial charge on any atom is 0.263 e. The molecule has 1 amide bonds. The van der Waals surface area contributed by atoms with E-state index in [1.54, 1.807) is 12.5 Å². The molecule has 0 bridgehead atoms. The molecule has 31 heavy (non-hydrogen) atoms. The first-order chi connectivity index (χ1) is 14.9. The SMILES string of the molecule is CC(C)(C)c1ncc(C(=O)NC2CCCc3cc(-c4ncnc5[nH]ccc45)ccc32)s1. The van der Waals surface area contributed by atoms with E-state index in [0.717, 1.165) is 46.6 Å². The molecule has 0 radical (unpaired) electrons. The topological polar surface area (TPSA) is 83.6 Å². The quantitative estimate of drug-likeness (QED) is 0.468. The van der Waals surface area contributed by atoms with E-state index in [1.807, 2.05) is 12.3 Å². The van der Waals surface area contributed by atoms with Crippen molar-refractivity contribution in [3.05, 3.63) is 64.0 Å². The van der Waals surface area contributed by atoms with Gasteiger partial charge in [-0.2, -0.15) is 0 Å². The van der Waals surface area contributed by atoms with Crippen molar-refractivity contribution in [1.29, 1.82) is 0 Å². The van der Waals surface area contributed by atoms with Gasteiger partial charge in [0.05, 0.1) is 22.9 Å². The largest absolute Gasteiger partial charge is 0.346 e. The molecule has 5 rings (SSSR count). The van der Waals surface area contributed by atoms with E-state index in [4.69, 9.17) is 0 Å². The third kappa shape index (κ3) is 3.74. The predicted molar refractivity (Wildman–Crippen MR) is 123 cm³/mol. The van der Waals surface area contributed by atoms with Crippen LogP contribution in [0.2, 0.25) is 0 Å². The Kier molecular flexibility index (Phi) is 4.85. The summed E-state index contributed by atoms with van der Waals surface area (Å²) in [6.45, 7) is 6.34. The fraction of sp³-hybridized carbons (Fsp3) is 0.333. The van der Waals surface area contributed by atoms with Crippen molar-refractivity contribution in [1.82, 2.24) is 25.3 Å². The number of aryl methyl sites for hydroxylation is 1. The van der Waals surface area contributed by atoms with Gasteiger partial charge in [0.25, 0.3) is 5.91 Å². The van der Waals surface area contributed by atoms with Crippen LogP contribution in [0.5, 0.6) is 0 Å². The highest BCUT2D eigenvalue weighted by Gasteiger charge is 2.25. The van der Waals surface area contributed by atoms with Crippen molar-refractivity contribution in [2.75, 3.05) is 0 Å². The first-order valence-corrected chi connectivity index (χ1v) is 11.4. The van der Waals surface area contributed by atoms with Crippen LogP contribution in [0.25, 0.3) is 22.3 Å². The van der Waals surface area contributed by atoms with E-state index in [-0.39, 0.29) is 17.4 Å². The smallest absolute Gasteiger partial charge is 0.263 e. The average Bonchev–Trinajstić information content (AvgIpc) is 3.43. The highest BCUT2D eigenvalue weighted by atomic mass is 32.1. The highest BCUT2D eigenvalue weighted by Crippen LogP contribution is 2.35. The molecule has 4 aromatic rings. The van der Waals surface area contributed by atoms with E-state index in [9.17, 15) is 4.79 Å². The van der Waals surface area contributed by atoms with Crippen LogP contribution in [0.3, 0.4) is 0 Å². The van der Waals surface area contributed by atoms with Gasteiger partial charge in [-0.15, -0.1) is 11.3 Å². The molecule has 0 saturated heterocycles. The normalized spacial score (nSPS) is 16.3. The number of nitrogens with zero attached hydrogens (tertiary/aromatic N) is 3. The predicted octanol–water partition coefficient (Wildman–Crippen LogP) is 5.19. The van der Waals surface area contributed by atoms with Gasteiger partial charge < -0.3 is 10.3 Å². The maximum absolute atomic E-state index is 12.9. The van der Waals surface area contributed by atoms with Crippen LogP contribution in [0.15, 0.2) is 43.0 Å². The number of nitrogens with one attached hydrogen (secondary N) is 2. The summed E-state index contributed by atoms with van der Waals surface area (Å²) in [5.41, 5.74) is 5.27. The van der Waals surface area contributed by atoms with Gasteiger partial charge in [-0.1, -0.05) is 32.9 Å². The molecule has 6 nitrogen and oxygen atoms in total. The van der Waals surface area contributed by atoms with Crippen LogP contribution < -0.4 is 5.32 Å². The Bertz CT molecular complexity index is 1270. The Morgan fingerprint density at radius 1 is 1.19 bits per heavy atom. The zero-order valence-corrected chi connectivity index (χ0v) is 18.7. The fourth-order valence-corrected chi connectivity index (χ4v) is 5.05. The van der Waals surface area contributed by atoms with E-state index >= 15 is 0 Å². The second-order valence-electron chi connectivity index (χ2n) is 9.07. The van der Waals surface area contributed by atoms with Crippen molar-refractivity contribution in [3.8, 4) is 11.3 Å². The number of thiazole rings is 1. The highest BCUT2D eigenvalue weighted by molar-refractivity contribution is 7.13. The summed E-state index contributed by atoms with van der Waals surface area (Å²) in [5, 5.41) is 5.24.